The van der Waals surface area contributed by atoms with E-state index in [1.165, 1.54) is 10.4 Å². The van der Waals surface area contributed by atoms with Gasteiger partial charge in [-0.05, 0) is 42.0 Å². The zero-order valence-electron chi connectivity index (χ0n) is 14.7. The molecule has 2 aromatic heterocycles. The van der Waals surface area contributed by atoms with Crippen molar-refractivity contribution in [1.29, 1.82) is 0 Å². The Morgan fingerprint density at radius 2 is 2.08 bits per heavy atom. The topological polar surface area (TPSA) is 45.7 Å². The first kappa shape index (κ1) is 16.5. The summed E-state index contributed by atoms with van der Waals surface area (Å²) >= 11 is 1.83. The Bertz CT molecular complexity index is 761. The van der Waals surface area contributed by atoms with E-state index < -0.39 is 0 Å². The largest absolute Gasteiger partial charge is 0.370 e. The second-order valence-electron chi connectivity index (χ2n) is 6.94. The molecule has 2 aliphatic rings. The number of aromatic nitrogens is 1. The average Bonchev–Trinajstić information content (AvgIpc) is 3.12. The Hall–Kier alpha value is -1.92. The smallest absolute Gasteiger partial charge is 0.255 e. The molecule has 132 valence electrons. The Morgan fingerprint density at radius 1 is 1.28 bits per heavy atom. The lowest BCUT2D eigenvalue weighted by Crippen LogP contribution is -2.48. The Kier molecular flexibility index (Phi) is 4.25. The van der Waals surface area contributed by atoms with E-state index in [4.69, 9.17) is 4.74 Å². The fourth-order valence-electron chi connectivity index (χ4n) is 3.80. The summed E-state index contributed by atoms with van der Waals surface area (Å²) in [7, 11) is 3.88. The van der Waals surface area contributed by atoms with Crippen molar-refractivity contribution in [3.05, 3.63) is 45.8 Å². The van der Waals surface area contributed by atoms with Crippen LogP contribution in [0.4, 0.5) is 5.82 Å². The molecule has 5 nitrogen and oxygen atoms in total. The SMILES string of the molecule is CN(C)c1ccc(C(=O)N2CCC3(CC2)OCCc2sccc23)cn1. The normalized spacial score (nSPS) is 18.9. The van der Waals surface area contributed by atoms with Gasteiger partial charge in [-0.3, -0.25) is 4.79 Å². The number of hydrogen-bond donors (Lipinski definition) is 0. The first-order valence-electron chi connectivity index (χ1n) is 8.72. The summed E-state index contributed by atoms with van der Waals surface area (Å²) < 4.78 is 6.22. The number of ether oxygens (including phenoxy) is 1. The molecule has 0 saturated carbocycles. The molecule has 1 amide bonds. The minimum atomic E-state index is -0.183. The van der Waals surface area contributed by atoms with Gasteiger partial charge in [-0.2, -0.15) is 0 Å². The number of amides is 1. The van der Waals surface area contributed by atoms with Crippen molar-refractivity contribution >= 4 is 23.1 Å². The Balaban J connectivity index is 1.46. The van der Waals surface area contributed by atoms with Crippen LogP contribution in [0.1, 0.15) is 33.6 Å². The minimum Gasteiger partial charge on any atom is -0.370 e. The summed E-state index contributed by atoms with van der Waals surface area (Å²) in [6, 6.07) is 5.96. The molecule has 1 saturated heterocycles. The molecule has 0 atom stereocenters. The summed E-state index contributed by atoms with van der Waals surface area (Å²) in [4.78, 5) is 22.5. The molecule has 4 heterocycles. The van der Waals surface area contributed by atoms with Crippen LogP contribution in [0.3, 0.4) is 0 Å². The van der Waals surface area contributed by atoms with Gasteiger partial charge >= 0.3 is 0 Å². The number of hydrogen-bond acceptors (Lipinski definition) is 5. The van der Waals surface area contributed by atoms with Crippen LogP contribution in [0.2, 0.25) is 0 Å². The van der Waals surface area contributed by atoms with Crippen LogP contribution in [-0.4, -0.2) is 49.6 Å². The molecular weight excluding hydrogens is 334 g/mol. The number of anilines is 1. The summed E-state index contributed by atoms with van der Waals surface area (Å²) in [5, 5.41) is 2.16. The van der Waals surface area contributed by atoms with Crippen molar-refractivity contribution in [2.45, 2.75) is 24.9 Å². The van der Waals surface area contributed by atoms with Crippen LogP contribution >= 0.6 is 11.3 Å². The van der Waals surface area contributed by atoms with Gasteiger partial charge in [0.25, 0.3) is 5.91 Å². The summed E-state index contributed by atoms with van der Waals surface area (Å²) in [6.45, 7) is 2.24. The molecule has 1 spiro atoms. The third-order valence-corrected chi connectivity index (χ3v) is 6.24. The van der Waals surface area contributed by atoms with Crippen molar-refractivity contribution < 1.29 is 9.53 Å². The second kappa shape index (κ2) is 6.42. The number of piperidine rings is 1. The molecule has 0 unspecified atom stereocenters. The standard InChI is InChI=1S/C19H23N3O2S/c1-21(2)17-4-3-14(13-20-17)18(23)22-9-7-19(8-10-22)15-6-12-25-16(15)5-11-24-19/h3-4,6,12-13H,5,7-11H2,1-2H3. The lowest BCUT2D eigenvalue weighted by Gasteiger charge is -2.44. The molecule has 2 aliphatic heterocycles. The van der Waals surface area contributed by atoms with E-state index in [1.54, 1.807) is 6.20 Å². The number of likely N-dealkylation sites (tertiary alicyclic amines) is 1. The maximum Gasteiger partial charge on any atom is 0.255 e. The number of thiophene rings is 1. The molecule has 0 aliphatic carbocycles. The first-order chi connectivity index (χ1) is 12.1. The molecule has 0 aromatic carbocycles. The van der Waals surface area contributed by atoms with Crippen LogP contribution in [0.25, 0.3) is 0 Å². The highest BCUT2D eigenvalue weighted by Crippen LogP contribution is 2.43. The van der Waals surface area contributed by atoms with Gasteiger partial charge in [0.2, 0.25) is 0 Å². The highest BCUT2D eigenvalue weighted by atomic mass is 32.1. The van der Waals surface area contributed by atoms with Crippen LogP contribution in [0.15, 0.2) is 29.8 Å². The highest BCUT2D eigenvalue weighted by Gasteiger charge is 2.42. The molecule has 25 heavy (non-hydrogen) atoms. The van der Waals surface area contributed by atoms with Crippen LogP contribution < -0.4 is 4.90 Å². The van der Waals surface area contributed by atoms with Crippen LogP contribution in [-0.2, 0) is 16.8 Å². The Labute approximate surface area is 152 Å². The van der Waals surface area contributed by atoms with Gasteiger partial charge < -0.3 is 14.5 Å². The lowest BCUT2D eigenvalue weighted by molar-refractivity contribution is -0.0926. The van der Waals surface area contributed by atoms with Crippen molar-refractivity contribution in [2.24, 2.45) is 0 Å². The lowest BCUT2D eigenvalue weighted by atomic mass is 9.82. The van der Waals surface area contributed by atoms with Crippen molar-refractivity contribution in [3.8, 4) is 0 Å². The quantitative estimate of drug-likeness (QED) is 0.829. The zero-order chi connectivity index (χ0) is 17.4. The van der Waals surface area contributed by atoms with E-state index in [-0.39, 0.29) is 11.5 Å². The molecular formula is C19H23N3O2S. The van der Waals surface area contributed by atoms with Crippen LogP contribution in [0.5, 0.6) is 0 Å². The highest BCUT2D eigenvalue weighted by molar-refractivity contribution is 7.10. The van der Waals surface area contributed by atoms with Gasteiger partial charge in [0.05, 0.1) is 17.8 Å². The van der Waals surface area contributed by atoms with Gasteiger partial charge in [0, 0.05) is 44.7 Å². The zero-order valence-corrected chi connectivity index (χ0v) is 15.5. The van der Waals surface area contributed by atoms with E-state index in [0.29, 0.717) is 5.56 Å². The van der Waals surface area contributed by atoms with E-state index in [2.05, 4.69) is 16.4 Å². The van der Waals surface area contributed by atoms with Crippen molar-refractivity contribution in [2.75, 3.05) is 38.7 Å². The Morgan fingerprint density at radius 3 is 2.76 bits per heavy atom. The molecule has 0 bridgehead atoms. The van der Waals surface area contributed by atoms with Crippen molar-refractivity contribution in [1.82, 2.24) is 9.88 Å². The predicted molar refractivity (Wildman–Crippen MR) is 99.4 cm³/mol. The number of fused-ring (bicyclic) bond motifs is 2. The maximum atomic E-state index is 12.8. The fraction of sp³-hybridized carbons (Fsp3) is 0.474. The number of rotatable bonds is 2. The van der Waals surface area contributed by atoms with E-state index >= 15 is 0 Å². The summed E-state index contributed by atoms with van der Waals surface area (Å²) in [5.41, 5.74) is 1.83. The fourth-order valence-corrected chi connectivity index (χ4v) is 4.75. The van der Waals surface area contributed by atoms with Gasteiger partial charge in [0.15, 0.2) is 0 Å². The van der Waals surface area contributed by atoms with Crippen molar-refractivity contribution in [3.63, 3.8) is 0 Å². The van der Waals surface area contributed by atoms with E-state index in [9.17, 15) is 4.79 Å². The third-order valence-electron chi connectivity index (χ3n) is 5.26. The van der Waals surface area contributed by atoms with E-state index in [1.807, 2.05) is 47.4 Å². The summed E-state index contributed by atoms with van der Waals surface area (Å²) in [6.07, 6.45) is 4.43. The molecule has 2 aromatic rings. The van der Waals surface area contributed by atoms with Crippen LogP contribution in [0, 0.1) is 0 Å². The summed E-state index contributed by atoms with van der Waals surface area (Å²) in [5.74, 6) is 0.920. The number of pyridine rings is 1. The van der Waals surface area contributed by atoms with Gasteiger partial charge in [-0.25, -0.2) is 4.98 Å². The molecule has 0 N–H and O–H groups in total. The molecule has 1 fully saturated rings. The second-order valence-corrected chi connectivity index (χ2v) is 7.94. The monoisotopic (exact) mass is 357 g/mol. The average molecular weight is 357 g/mol. The number of nitrogens with zero attached hydrogens (tertiary/aromatic N) is 3. The van der Waals surface area contributed by atoms with E-state index in [0.717, 1.165) is 44.8 Å². The molecule has 4 rings (SSSR count). The minimum absolute atomic E-state index is 0.0639. The molecule has 0 radical (unpaired) electrons. The third kappa shape index (κ3) is 2.93. The first-order valence-corrected chi connectivity index (χ1v) is 9.60. The maximum absolute atomic E-state index is 12.8. The number of carbonyl (C=O) groups excluding carboxylic acids is 1. The van der Waals surface area contributed by atoms with Gasteiger partial charge in [-0.1, -0.05) is 0 Å². The predicted octanol–water partition coefficient (Wildman–Crippen LogP) is 2.91. The molecule has 6 heteroatoms. The number of carbonyl (C=O) groups is 1. The van der Waals surface area contributed by atoms with Gasteiger partial charge in [-0.15, -0.1) is 11.3 Å². The van der Waals surface area contributed by atoms with Gasteiger partial charge in [0.1, 0.15) is 5.82 Å².